The Morgan fingerprint density at radius 1 is 1.24 bits per heavy atom. The molecule has 110 valence electrons. The second-order valence-electron chi connectivity index (χ2n) is 4.74. The van der Waals surface area contributed by atoms with E-state index < -0.39 is 0 Å². The molecule has 2 aromatic rings. The fraction of sp³-hybridized carbons (Fsp3) is 0.188. The number of carbonyl (C=O) groups is 1. The number of methoxy groups -OCH3 is 1. The third-order valence-electron chi connectivity index (χ3n) is 3.17. The van der Waals surface area contributed by atoms with Crippen LogP contribution in [0, 0.1) is 0 Å². The second kappa shape index (κ2) is 6.63. The molecule has 0 heterocycles. The molecule has 0 saturated carbocycles. The molecule has 5 heteroatoms. The summed E-state index contributed by atoms with van der Waals surface area (Å²) in [6.07, 6.45) is 0. The van der Waals surface area contributed by atoms with Gasteiger partial charge in [0, 0.05) is 23.8 Å². The van der Waals surface area contributed by atoms with Crippen molar-refractivity contribution in [2.24, 2.45) is 0 Å². The molecular weight excluding hydrogens is 332 g/mol. The summed E-state index contributed by atoms with van der Waals surface area (Å²) in [6, 6.07) is 12.9. The third-order valence-corrected chi connectivity index (χ3v) is 3.70. The number of anilines is 1. The maximum atomic E-state index is 12.5. The Hall–Kier alpha value is -2.01. The lowest BCUT2D eigenvalue weighted by Gasteiger charge is -2.19. The van der Waals surface area contributed by atoms with E-state index in [1.165, 1.54) is 0 Å². The predicted octanol–water partition coefficient (Wildman–Crippen LogP) is 3.31. The van der Waals surface area contributed by atoms with E-state index in [2.05, 4.69) is 15.9 Å². The molecule has 0 spiro atoms. The van der Waals surface area contributed by atoms with Gasteiger partial charge in [-0.2, -0.15) is 0 Å². The highest BCUT2D eigenvalue weighted by Gasteiger charge is 2.16. The number of nitrogen functional groups attached to an aromatic ring is 1. The largest absolute Gasteiger partial charge is 0.497 e. The molecule has 0 aromatic heterocycles. The number of nitrogens with zero attached hydrogens (tertiary/aromatic N) is 1. The van der Waals surface area contributed by atoms with Crippen LogP contribution in [0.4, 0.5) is 5.69 Å². The molecule has 0 aliphatic heterocycles. The minimum absolute atomic E-state index is 0.130. The number of hydrogen-bond acceptors (Lipinski definition) is 3. The van der Waals surface area contributed by atoms with Crippen LogP contribution in [-0.2, 0) is 6.54 Å². The van der Waals surface area contributed by atoms with E-state index in [-0.39, 0.29) is 5.91 Å². The lowest BCUT2D eigenvalue weighted by molar-refractivity contribution is 0.0786. The summed E-state index contributed by atoms with van der Waals surface area (Å²) < 4.78 is 6.15. The molecule has 0 saturated heterocycles. The zero-order chi connectivity index (χ0) is 15.4. The number of carbonyl (C=O) groups excluding carboxylic acids is 1. The van der Waals surface area contributed by atoms with Gasteiger partial charge in [0.1, 0.15) is 5.75 Å². The minimum Gasteiger partial charge on any atom is -0.497 e. The number of ether oxygens (including phenoxy) is 1. The zero-order valence-electron chi connectivity index (χ0n) is 12.0. The highest BCUT2D eigenvalue weighted by molar-refractivity contribution is 9.10. The predicted molar refractivity (Wildman–Crippen MR) is 87.3 cm³/mol. The van der Waals surface area contributed by atoms with Crippen LogP contribution >= 0.6 is 15.9 Å². The summed E-state index contributed by atoms with van der Waals surface area (Å²) in [5, 5.41) is 0. The van der Waals surface area contributed by atoms with Crippen molar-refractivity contribution in [3.8, 4) is 5.75 Å². The van der Waals surface area contributed by atoms with Gasteiger partial charge in [0.05, 0.1) is 12.7 Å². The maximum absolute atomic E-state index is 12.5. The van der Waals surface area contributed by atoms with Crippen molar-refractivity contribution in [2.75, 3.05) is 19.9 Å². The SMILES string of the molecule is COc1ccc(N)c(C(=O)N(C)Cc2ccc(Br)cc2)c1. The van der Waals surface area contributed by atoms with E-state index in [1.807, 2.05) is 24.3 Å². The fourth-order valence-corrected chi connectivity index (χ4v) is 2.25. The third kappa shape index (κ3) is 3.76. The Balaban J connectivity index is 2.17. The first-order valence-electron chi connectivity index (χ1n) is 6.44. The molecule has 2 rings (SSSR count). The molecule has 0 aliphatic carbocycles. The van der Waals surface area contributed by atoms with Gasteiger partial charge in [-0.1, -0.05) is 28.1 Å². The normalized spacial score (nSPS) is 10.2. The number of amides is 1. The summed E-state index contributed by atoms with van der Waals surface area (Å²) >= 11 is 3.39. The minimum atomic E-state index is -0.130. The van der Waals surface area contributed by atoms with Crippen LogP contribution in [0.25, 0.3) is 0 Å². The Kier molecular flexibility index (Phi) is 4.85. The second-order valence-corrected chi connectivity index (χ2v) is 5.66. The summed E-state index contributed by atoms with van der Waals surface area (Å²) in [5.41, 5.74) is 7.84. The molecule has 21 heavy (non-hydrogen) atoms. The molecule has 1 amide bonds. The fourth-order valence-electron chi connectivity index (χ4n) is 1.99. The smallest absolute Gasteiger partial charge is 0.256 e. The molecule has 0 bridgehead atoms. The van der Waals surface area contributed by atoms with E-state index in [9.17, 15) is 4.79 Å². The average molecular weight is 349 g/mol. The van der Waals surface area contributed by atoms with Crippen LogP contribution < -0.4 is 10.5 Å². The summed E-state index contributed by atoms with van der Waals surface area (Å²) in [5.74, 6) is 0.485. The van der Waals surface area contributed by atoms with E-state index in [0.29, 0.717) is 23.5 Å². The first-order valence-corrected chi connectivity index (χ1v) is 7.24. The quantitative estimate of drug-likeness (QED) is 0.862. The zero-order valence-corrected chi connectivity index (χ0v) is 13.6. The number of nitrogens with two attached hydrogens (primary N) is 1. The van der Waals surface area contributed by atoms with Crippen molar-refractivity contribution in [1.82, 2.24) is 4.90 Å². The lowest BCUT2D eigenvalue weighted by Crippen LogP contribution is -2.27. The molecule has 0 unspecified atom stereocenters. The topological polar surface area (TPSA) is 55.6 Å². The number of hydrogen-bond donors (Lipinski definition) is 1. The Morgan fingerprint density at radius 2 is 1.90 bits per heavy atom. The van der Waals surface area contributed by atoms with Crippen molar-refractivity contribution in [3.05, 3.63) is 58.1 Å². The van der Waals surface area contributed by atoms with Crippen LogP contribution in [0.1, 0.15) is 15.9 Å². The number of halogens is 1. The van der Waals surface area contributed by atoms with Crippen molar-refractivity contribution < 1.29 is 9.53 Å². The highest BCUT2D eigenvalue weighted by atomic mass is 79.9. The Labute approximate surface area is 132 Å². The molecule has 2 aromatic carbocycles. The number of rotatable bonds is 4. The van der Waals surface area contributed by atoms with Crippen molar-refractivity contribution in [3.63, 3.8) is 0 Å². The van der Waals surface area contributed by atoms with E-state index in [1.54, 1.807) is 37.3 Å². The van der Waals surface area contributed by atoms with E-state index >= 15 is 0 Å². The monoisotopic (exact) mass is 348 g/mol. The molecule has 0 atom stereocenters. The highest BCUT2D eigenvalue weighted by Crippen LogP contribution is 2.21. The first-order chi connectivity index (χ1) is 10.0. The molecule has 0 radical (unpaired) electrons. The molecule has 4 nitrogen and oxygen atoms in total. The maximum Gasteiger partial charge on any atom is 0.256 e. The van der Waals surface area contributed by atoms with E-state index in [0.717, 1.165) is 10.0 Å². The van der Waals surface area contributed by atoms with Gasteiger partial charge in [0.2, 0.25) is 0 Å². The Morgan fingerprint density at radius 3 is 2.52 bits per heavy atom. The Bertz CT molecular complexity index is 641. The van der Waals surface area contributed by atoms with Gasteiger partial charge in [0.25, 0.3) is 5.91 Å². The molecule has 2 N–H and O–H groups in total. The van der Waals surface area contributed by atoms with Crippen LogP contribution in [0.15, 0.2) is 46.9 Å². The summed E-state index contributed by atoms with van der Waals surface area (Å²) in [4.78, 5) is 14.1. The average Bonchev–Trinajstić information content (AvgIpc) is 2.49. The summed E-state index contributed by atoms with van der Waals surface area (Å²) in [7, 11) is 3.31. The van der Waals surface area contributed by atoms with Gasteiger partial charge >= 0.3 is 0 Å². The van der Waals surface area contributed by atoms with Crippen LogP contribution in [0.2, 0.25) is 0 Å². The van der Waals surface area contributed by atoms with Crippen LogP contribution in [-0.4, -0.2) is 25.0 Å². The molecular formula is C16H17BrN2O2. The van der Waals surface area contributed by atoms with Gasteiger partial charge in [0.15, 0.2) is 0 Å². The van der Waals surface area contributed by atoms with Crippen molar-refractivity contribution in [1.29, 1.82) is 0 Å². The number of benzene rings is 2. The standard InChI is InChI=1S/C16H17BrN2O2/c1-19(10-11-3-5-12(17)6-4-11)16(20)14-9-13(21-2)7-8-15(14)18/h3-9H,10,18H2,1-2H3. The van der Waals surface area contributed by atoms with Crippen LogP contribution in [0.5, 0.6) is 5.75 Å². The van der Waals surface area contributed by atoms with Gasteiger partial charge in [-0.05, 0) is 35.9 Å². The molecule has 0 aliphatic rings. The van der Waals surface area contributed by atoms with Gasteiger partial charge < -0.3 is 15.4 Å². The van der Waals surface area contributed by atoms with E-state index in [4.69, 9.17) is 10.5 Å². The van der Waals surface area contributed by atoms with Gasteiger partial charge in [-0.3, -0.25) is 4.79 Å². The van der Waals surface area contributed by atoms with Crippen LogP contribution in [0.3, 0.4) is 0 Å². The van der Waals surface area contributed by atoms with Crippen molar-refractivity contribution >= 4 is 27.5 Å². The molecule has 0 fully saturated rings. The first kappa shape index (κ1) is 15.4. The lowest BCUT2D eigenvalue weighted by atomic mass is 10.1. The summed E-state index contributed by atoms with van der Waals surface area (Å²) in [6.45, 7) is 0.517. The van der Waals surface area contributed by atoms with Gasteiger partial charge in [-0.15, -0.1) is 0 Å². The van der Waals surface area contributed by atoms with Crippen molar-refractivity contribution in [2.45, 2.75) is 6.54 Å². The van der Waals surface area contributed by atoms with Gasteiger partial charge in [-0.25, -0.2) is 0 Å².